The zero-order valence-corrected chi connectivity index (χ0v) is 17.5. The Bertz CT molecular complexity index is 1080. The Hall–Kier alpha value is -4.33. The number of ether oxygens (including phenoxy) is 2. The molecule has 0 atom stereocenters. The first-order chi connectivity index (χ1) is 15.4. The molecule has 0 aromatic heterocycles. The first-order valence-corrected chi connectivity index (χ1v) is 9.93. The Balaban J connectivity index is 1.50. The molecule has 0 unspecified atom stereocenters. The molecule has 0 bridgehead atoms. The van der Waals surface area contributed by atoms with E-state index in [1.165, 1.54) is 12.1 Å². The van der Waals surface area contributed by atoms with Gasteiger partial charge in [-0.2, -0.15) is 0 Å². The van der Waals surface area contributed by atoms with Gasteiger partial charge in [-0.25, -0.2) is 4.79 Å². The van der Waals surface area contributed by atoms with E-state index in [2.05, 4.69) is 10.6 Å². The number of carbonyl (C=O) groups is 3. The first-order valence-electron chi connectivity index (χ1n) is 9.93. The molecular formula is C24H23N3O5. The third-order valence-corrected chi connectivity index (χ3v) is 4.42. The van der Waals surface area contributed by atoms with Crippen molar-refractivity contribution in [3.63, 3.8) is 0 Å². The summed E-state index contributed by atoms with van der Waals surface area (Å²) in [5.74, 6) is -0.216. The van der Waals surface area contributed by atoms with Crippen LogP contribution in [0.5, 0.6) is 5.75 Å². The van der Waals surface area contributed by atoms with Gasteiger partial charge in [0.15, 0.2) is 0 Å². The van der Waals surface area contributed by atoms with Gasteiger partial charge in [-0.05, 0) is 73.2 Å². The van der Waals surface area contributed by atoms with Gasteiger partial charge in [-0.3, -0.25) is 9.59 Å². The molecule has 2 amide bonds. The summed E-state index contributed by atoms with van der Waals surface area (Å²) in [6.45, 7) is 2.21. The highest BCUT2D eigenvalue weighted by atomic mass is 16.7. The number of amides is 2. The van der Waals surface area contributed by atoms with Crippen molar-refractivity contribution in [2.75, 3.05) is 17.7 Å². The second-order valence-electron chi connectivity index (χ2n) is 6.77. The molecule has 0 fully saturated rings. The quantitative estimate of drug-likeness (QED) is 0.294. The van der Waals surface area contributed by atoms with E-state index in [4.69, 9.17) is 15.2 Å². The van der Waals surface area contributed by atoms with Gasteiger partial charge in [-0.15, -0.1) is 0 Å². The van der Waals surface area contributed by atoms with Crippen molar-refractivity contribution in [2.45, 2.75) is 13.5 Å². The number of carbonyl (C=O) groups excluding carboxylic acids is 3. The third kappa shape index (κ3) is 6.33. The fourth-order valence-corrected chi connectivity index (χ4v) is 2.75. The van der Waals surface area contributed by atoms with Crippen molar-refractivity contribution in [1.29, 1.82) is 0 Å². The van der Waals surface area contributed by atoms with Crippen LogP contribution in [-0.4, -0.2) is 24.6 Å². The Morgan fingerprint density at radius 1 is 0.812 bits per heavy atom. The molecule has 0 aliphatic carbocycles. The molecule has 0 aliphatic rings. The van der Waals surface area contributed by atoms with Gasteiger partial charge in [0.25, 0.3) is 11.8 Å². The van der Waals surface area contributed by atoms with Gasteiger partial charge in [0.05, 0.1) is 6.61 Å². The smallest absolute Gasteiger partial charge is 0.434 e. The minimum absolute atomic E-state index is 0.218. The fourth-order valence-electron chi connectivity index (χ4n) is 2.75. The monoisotopic (exact) mass is 433 g/mol. The Labute approximate surface area is 185 Å². The molecule has 4 N–H and O–H groups in total. The van der Waals surface area contributed by atoms with Crippen molar-refractivity contribution in [3.8, 4) is 5.75 Å². The van der Waals surface area contributed by atoms with E-state index in [1.54, 1.807) is 55.5 Å². The molecular weight excluding hydrogens is 410 g/mol. The van der Waals surface area contributed by atoms with Crippen LogP contribution >= 0.6 is 0 Å². The summed E-state index contributed by atoms with van der Waals surface area (Å²) in [5.41, 5.74) is 8.66. The van der Waals surface area contributed by atoms with Crippen LogP contribution in [0, 0.1) is 0 Å². The highest BCUT2D eigenvalue weighted by Gasteiger charge is 2.09. The van der Waals surface area contributed by atoms with Crippen LogP contribution in [-0.2, 0) is 11.3 Å². The number of nitrogens with two attached hydrogens (primary N) is 1. The number of benzene rings is 3. The molecule has 0 aliphatic heterocycles. The molecule has 3 aromatic carbocycles. The molecule has 0 radical (unpaired) electrons. The average Bonchev–Trinajstić information content (AvgIpc) is 2.79. The van der Waals surface area contributed by atoms with E-state index in [0.29, 0.717) is 29.0 Å². The zero-order valence-electron chi connectivity index (χ0n) is 17.5. The average molecular weight is 433 g/mol. The largest absolute Gasteiger partial charge is 0.513 e. The van der Waals surface area contributed by atoms with Crippen LogP contribution in [0.25, 0.3) is 0 Å². The highest BCUT2D eigenvalue weighted by Crippen LogP contribution is 2.15. The van der Waals surface area contributed by atoms with E-state index in [0.717, 1.165) is 5.56 Å². The molecule has 0 spiro atoms. The van der Waals surface area contributed by atoms with Gasteiger partial charge in [-0.1, -0.05) is 12.1 Å². The maximum atomic E-state index is 12.3. The summed E-state index contributed by atoms with van der Waals surface area (Å²) in [4.78, 5) is 35.9. The van der Waals surface area contributed by atoms with Crippen LogP contribution in [0.15, 0.2) is 72.8 Å². The minimum Gasteiger partial charge on any atom is -0.434 e. The molecule has 0 heterocycles. The highest BCUT2D eigenvalue weighted by molar-refractivity contribution is 6.04. The molecule has 3 aromatic rings. The maximum absolute atomic E-state index is 12.3. The van der Waals surface area contributed by atoms with Crippen LogP contribution in [0.3, 0.4) is 0 Å². The van der Waals surface area contributed by atoms with Crippen molar-refractivity contribution in [1.82, 2.24) is 5.32 Å². The predicted molar refractivity (Wildman–Crippen MR) is 121 cm³/mol. The maximum Gasteiger partial charge on any atom is 0.513 e. The lowest BCUT2D eigenvalue weighted by Gasteiger charge is -2.09. The van der Waals surface area contributed by atoms with Gasteiger partial charge < -0.3 is 25.8 Å². The second kappa shape index (κ2) is 10.6. The van der Waals surface area contributed by atoms with Crippen LogP contribution in [0.2, 0.25) is 0 Å². The lowest BCUT2D eigenvalue weighted by atomic mass is 10.1. The van der Waals surface area contributed by atoms with E-state index < -0.39 is 6.16 Å². The zero-order chi connectivity index (χ0) is 22.9. The Kier molecular flexibility index (Phi) is 7.42. The van der Waals surface area contributed by atoms with Crippen molar-refractivity contribution < 1.29 is 23.9 Å². The van der Waals surface area contributed by atoms with E-state index >= 15 is 0 Å². The van der Waals surface area contributed by atoms with Crippen LogP contribution < -0.4 is 21.1 Å². The van der Waals surface area contributed by atoms with Gasteiger partial charge >= 0.3 is 6.16 Å². The lowest BCUT2D eigenvalue weighted by Crippen LogP contribution is -2.22. The molecule has 8 nitrogen and oxygen atoms in total. The SMILES string of the molecule is CCOC(=O)Oc1ccc(C(=O)NCc2ccc(NC(=O)c3ccc(N)cc3)cc2)cc1. The number of hydrogen-bond donors (Lipinski definition) is 3. The number of rotatable bonds is 7. The molecule has 164 valence electrons. The first kappa shape index (κ1) is 22.4. The summed E-state index contributed by atoms with van der Waals surface area (Å²) < 4.78 is 9.66. The number of nitrogens with one attached hydrogen (secondary N) is 2. The van der Waals surface area contributed by atoms with Crippen molar-refractivity contribution in [3.05, 3.63) is 89.5 Å². The van der Waals surface area contributed by atoms with Gasteiger partial charge in [0, 0.05) is 29.0 Å². The standard InChI is InChI=1S/C24H23N3O5/c1-2-31-24(30)32-21-13-7-17(8-14-21)22(28)26-15-16-3-11-20(12-4-16)27-23(29)18-5-9-19(25)10-6-18/h3-14H,2,15,25H2,1H3,(H,26,28)(H,27,29). The molecule has 8 heteroatoms. The third-order valence-electron chi connectivity index (χ3n) is 4.42. The molecule has 3 rings (SSSR count). The van der Waals surface area contributed by atoms with Crippen LogP contribution in [0.1, 0.15) is 33.2 Å². The Morgan fingerprint density at radius 3 is 2.03 bits per heavy atom. The summed E-state index contributed by atoms with van der Waals surface area (Å²) in [7, 11) is 0. The van der Waals surface area contributed by atoms with Crippen molar-refractivity contribution in [2.24, 2.45) is 0 Å². The van der Waals surface area contributed by atoms with Crippen LogP contribution in [0.4, 0.5) is 16.2 Å². The molecule has 0 saturated heterocycles. The van der Waals surface area contributed by atoms with Gasteiger partial charge in [0.1, 0.15) is 5.75 Å². The number of nitrogen functional groups attached to an aromatic ring is 1. The normalized spacial score (nSPS) is 10.2. The second-order valence-corrected chi connectivity index (χ2v) is 6.77. The number of anilines is 2. The fraction of sp³-hybridized carbons (Fsp3) is 0.125. The van der Waals surface area contributed by atoms with Gasteiger partial charge in [0.2, 0.25) is 0 Å². The van der Waals surface area contributed by atoms with Crippen molar-refractivity contribution >= 4 is 29.3 Å². The summed E-state index contributed by atoms with van der Waals surface area (Å²) >= 11 is 0. The summed E-state index contributed by atoms with van der Waals surface area (Å²) in [5, 5.41) is 5.63. The van der Waals surface area contributed by atoms with E-state index in [-0.39, 0.29) is 24.2 Å². The topological polar surface area (TPSA) is 120 Å². The lowest BCUT2D eigenvalue weighted by molar-refractivity contribution is 0.0950. The summed E-state index contributed by atoms with van der Waals surface area (Å²) in [6.07, 6.45) is -0.794. The summed E-state index contributed by atoms with van der Waals surface area (Å²) in [6, 6.07) is 20.0. The Morgan fingerprint density at radius 2 is 1.41 bits per heavy atom. The molecule has 0 saturated carbocycles. The minimum atomic E-state index is -0.794. The molecule has 32 heavy (non-hydrogen) atoms. The number of hydrogen-bond acceptors (Lipinski definition) is 6. The van der Waals surface area contributed by atoms with E-state index in [9.17, 15) is 14.4 Å². The van der Waals surface area contributed by atoms with E-state index in [1.807, 2.05) is 12.1 Å². The predicted octanol–water partition coefficient (Wildman–Crippen LogP) is 3.99.